The number of guanidine groups is 1. The minimum absolute atomic E-state index is 0.141. The number of rotatable bonds is 5. The fourth-order valence-corrected chi connectivity index (χ4v) is 4.86. The highest BCUT2D eigenvalue weighted by Crippen LogP contribution is 2.32. The molecule has 2 aliphatic heterocycles. The van der Waals surface area contributed by atoms with Crippen LogP contribution in [0.15, 0.2) is 88.5 Å². The number of furan rings is 1. The van der Waals surface area contributed by atoms with Crippen LogP contribution in [0, 0.1) is 5.92 Å². The van der Waals surface area contributed by atoms with Gasteiger partial charge < -0.3 is 14.1 Å². The second-order valence-corrected chi connectivity index (χ2v) is 8.65. The van der Waals surface area contributed by atoms with Gasteiger partial charge in [0.1, 0.15) is 11.8 Å². The van der Waals surface area contributed by atoms with Crippen LogP contribution in [-0.4, -0.2) is 60.9 Å². The third-order valence-corrected chi connectivity index (χ3v) is 6.59. The van der Waals surface area contributed by atoms with Crippen molar-refractivity contribution in [3.8, 4) is 0 Å². The van der Waals surface area contributed by atoms with E-state index < -0.39 is 23.8 Å². The zero-order valence-corrected chi connectivity index (χ0v) is 19.5. The number of nitrogens with one attached hydrogen (secondary N) is 1. The van der Waals surface area contributed by atoms with E-state index in [2.05, 4.69) is 63.6 Å². The first-order valence-corrected chi connectivity index (χ1v) is 11.7. The van der Waals surface area contributed by atoms with Gasteiger partial charge in [-0.25, -0.2) is 4.99 Å². The lowest BCUT2D eigenvalue weighted by Gasteiger charge is -2.41. The Balaban J connectivity index is 1.36. The number of hydrogen-bond acceptors (Lipinski definition) is 7. The number of esters is 1. The molecule has 8 heteroatoms. The highest BCUT2D eigenvalue weighted by atomic mass is 16.5. The molecule has 0 spiro atoms. The molecule has 0 radical (unpaired) electrons. The molecule has 3 aromatic rings. The SMILES string of the molecule is COC(=O)[C@H]1C(=O)NC(N2CCN(C(c3ccccc3)c3ccccc3)CC2)=N[C@H]1c1ccco1. The molecule has 0 saturated carbocycles. The van der Waals surface area contributed by atoms with E-state index in [0.29, 0.717) is 24.8 Å². The second-order valence-electron chi connectivity index (χ2n) is 8.65. The number of piperazine rings is 1. The van der Waals surface area contributed by atoms with Crippen LogP contribution in [0.3, 0.4) is 0 Å². The number of hydrogen-bond donors (Lipinski definition) is 1. The summed E-state index contributed by atoms with van der Waals surface area (Å²) < 4.78 is 10.4. The maximum absolute atomic E-state index is 12.9. The predicted octanol–water partition coefficient (Wildman–Crippen LogP) is 3.00. The van der Waals surface area contributed by atoms with E-state index in [1.165, 1.54) is 24.5 Å². The molecule has 1 N–H and O–H groups in total. The summed E-state index contributed by atoms with van der Waals surface area (Å²) in [6, 6.07) is 23.8. The Bertz CT molecular complexity index is 1130. The van der Waals surface area contributed by atoms with Crippen LogP contribution in [0.25, 0.3) is 0 Å². The first kappa shape index (κ1) is 22.9. The van der Waals surface area contributed by atoms with Gasteiger partial charge in [0, 0.05) is 26.2 Å². The number of benzene rings is 2. The van der Waals surface area contributed by atoms with Gasteiger partial charge in [0.2, 0.25) is 11.9 Å². The lowest BCUT2D eigenvalue weighted by atomic mass is 9.95. The number of aliphatic imine (C=N–C) groups is 1. The van der Waals surface area contributed by atoms with Crippen molar-refractivity contribution < 1.29 is 18.7 Å². The quantitative estimate of drug-likeness (QED) is 0.454. The highest BCUT2D eigenvalue weighted by molar-refractivity contribution is 6.08. The molecule has 5 rings (SSSR count). The summed E-state index contributed by atoms with van der Waals surface area (Å²) in [5.74, 6) is -1.23. The molecule has 35 heavy (non-hydrogen) atoms. The van der Waals surface area contributed by atoms with E-state index >= 15 is 0 Å². The first-order valence-electron chi connectivity index (χ1n) is 11.7. The van der Waals surface area contributed by atoms with Crippen LogP contribution >= 0.6 is 0 Å². The van der Waals surface area contributed by atoms with Crippen molar-refractivity contribution in [2.75, 3.05) is 33.3 Å². The van der Waals surface area contributed by atoms with Crippen LogP contribution in [-0.2, 0) is 14.3 Å². The van der Waals surface area contributed by atoms with E-state index in [9.17, 15) is 9.59 Å². The normalized spacial score (nSPS) is 20.9. The molecule has 2 aliphatic rings. The fourth-order valence-electron chi connectivity index (χ4n) is 4.86. The van der Waals surface area contributed by atoms with E-state index in [0.717, 1.165) is 13.1 Å². The third-order valence-electron chi connectivity index (χ3n) is 6.59. The summed E-state index contributed by atoms with van der Waals surface area (Å²) in [4.78, 5) is 34.5. The van der Waals surface area contributed by atoms with Gasteiger partial charge in [-0.05, 0) is 23.3 Å². The van der Waals surface area contributed by atoms with Crippen molar-refractivity contribution in [1.29, 1.82) is 0 Å². The molecule has 1 amide bonds. The predicted molar refractivity (Wildman–Crippen MR) is 130 cm³/mol. The minimum Gasteiger partial charge on any atom is -0.468 e. The molecule has 1 saturated heterocycles. The Morgan fingerprint density at radius 3 is 2.14 bits per heavy atom. The van der Waals surface area contributed by atoms with Crippen molar-refractivity contribution >= 4 is 17.8 Å². The van der Waals surface area contributed by atoms with E-state index in [1.54, 1.807) is 12.1 Å². The first-order chi connectivity index (χ1) is 17.2. The largest absolute Gasteiger partial charge is 0.468 e. The van der Waals surface area contributed by atoms with Gasteiger partial charge >= 0.3 is 5.97 Å². The van der Waals surface area contributed by atoms with Crippen LogP contribution in [0.4, 0.5) is 0 Å². The van der Waals surface area contributed by atoms with Crippen molar-refractivity contribution in [2.45, 2.75) is 12.1 Å². The topological polar surface area (TPSA) is 87.4 Å². The molecule has 180 valence electrons. The molecule has 8 nitrogen and oxygen atoms in total. The van der Waals surface area contributed by atoms with Crippen molar-refractivity contribution in [1.82, 2.24) is 15.1 Å². The van der Waals surface area contributed by atoms with Gasteiger partial charge in [-0.15, -0.1) is 0 Å². The summed E-state index contributed by atoms with van der Waals surface area (Å²) in [6.45, 7) is 2.94. The molecule has 1 fully saturated rings. The Morgan fingerprint density at radius 2 is 1.60 bits per heavy atom. The maximum atomic E-state index is 12.9. The van der Waals surface area contributed by atoms with E-state index in [1.807, 2.05) is 12.1 Å². The van der Waals surface area contributed by atoms with Gasteiger partial charge in [0.25, 0.3) is 0 Å². The zero-order chi connectivity index (χ0) is 24.2. The molecule has 2 atom stereocenters. The second kappa shape index (κ2) is 10.1. The summed E-state index contributed by atoms with van der Waals surface area (Å²) in [5, 5.41) is 2.83. The molecule has 0 bridgehead atoms. The Morgan fingerprint density at radius 1 is 0.971 bits per heavy atom. The average molecular weight is 473 g/mol. The van der Waals surface area contributed by atoms with E-state index in [4.69, 9.17) is 14.1 Å². The molecule has 3 heterocycles. The lowest BCUT2D eigenvalue weighted by Crippen LogP contribution is -2.57. The molecule has 1 aromatic heterocycles. The molecule has 2 aromatic carbocycles. The number of nitrogens with zero attached hydrogens (tertiary/aromatic N) is 3. The average Bonchev–Trinajstić information content (AvgIpc) is 3.45. The lowest BCUT2D eigenvalue weighted by molar-refractivity contribution is -0.151. The van der Waals surface area contributed by atoms with Crippen molar-refractivity contribution in [3.63, 3.8) is 0 Å². The summed E-state index contributed by atoms with van der Waals surface area (Å²) in [5.41, 5.74) is 2.49. The Hall–Kier alpha value is -3.91. The zero-order valence-electron chi connectivity index (χ0n) is 19.5. The Labute approximate surface area is 204 Å². The van der Waals surface area contributed by atoms with Crippen molar-refractivity contribution in [3.05, 3.63) is 95.9 Å². The maximum Gasteiger partial charge on any atom is 0.320 e. The van der Waals surface area contributed by atoms with Crippen LogP contribution in [0.2, 0.25) is 0 Å². The van der Waals surface area contributed by atoms with Crippen LogP contribution in [0.1, 0.15) is 29.0 Å². The van der Waals surface area contributed by atoms with Gasteiger partial charge in [0.15, 0.2) is 5.92 Å². The fraction of sp³-hybridized carbons (Fsp3) is 0.296. The standard InChI is InChI=1S/C27H28N4O4/c1-34-26(33)22-23(21-13-8-18-35-21)28-27(29-25(22)32)31-16-14-30(15-17-31)24(19-9-4-2-5-10-19)20-11-6-3-7-12-20/h2-13,18,22-24H,14-17H2,1H3,(H,28,29,32)/t22-,23+/m1/s1. The van der Waals surface area contributed by atoms with Crippen LogP contribution < -0.4 is 5.32 Å². The minimum atomic E-state index is -1.09. The van der Waals surface area contributed by atoms with E-state index in [-0.39, 0.29) is 6.04 Å². The summed E-state index contributed by atoms with van der Waals surface area (Å²) in [7, 11) is 1.27. The number of ether oxygens (including phenoxy) is 1. The molecular formula is C27H28N4O4. The number of carbonyl (C=O) groups is 2. The van der Waals surface area contributed by atoms with Gasteiger partial charge in [-0.2, -0.15) is 0 Å². The smallest absolute Gasteiger partial charge is 0.320 e. The summed E-state index contributed by atoms with van der Waals surface area (Å²) >= 11 is 0. The number of amides is 1. The van der Waals surface area contributed by atoms with Gasteiger partial charge in [-0.3, -0.25) is 19.8 Å². The highest BCUT2D eigenvalue weighted by Gasteiger charge is 2.43. The van der Waals surface area contributed by atoms with Gasteiger partial charge in [0.05, 0.1) is 19.4 Å². The van der Waals surface area contributed by atoms with Crippen molar-refractivity contribution in [2.24, 2.45) is 10.9 Å². The number of methoxy groups -OCH3 is 1. The third kappa shape index (κ3) is 4.70. The Kier molecular flexibility index (Phi) is 6.63. The van der Waals surface area contributed by atoms with Crippen LogP contribution in [0.5, 0.6) is 0 Å². The summed E-state index contributed by atoms with van der Waals surface area (Å²) in [6.07, 6.45) is 1.51. The molecule has 0 unspecified atom stereocenters. The van der Waals surface area contributed by atoms with Gasteiger partial charge in [-0.1, -0.05) is 60.7 Å². The molecular weight excluding hydrogens is 444 g/mol. The molecule has 0 aliphatic carbocycles. The monoisotopic (exact) mass is 472 g/mol. The number of carbonyl (C=O) groups excluding carboxylic acids is 2.